The quantitative estimate of drug-likeness (QED) is 0.210. The molecule has 7 rings (SSSR count). The fourth-order valence-corrected chi connectivity index (χ4v) is 6.22. The van der Waals surface area contributed by atoms with Crippen molar-refractivity contribution in [3.05, 3.63) is 65.2 Å². The maximum Gasteiger partial charge on any atom is 0.397 e. The molecule has 0 spiro atoms. The van der Waals surface area contributed by atoms with E-state index in [0.717, 1.165) is 12.1 Å². The lowest BCUT2D eigenvalue weighted by molar-refractivity contribution is -0.200. The van der Waals surface area contributed by atoms with Gasteiger partial charge < -0.3 is 0 Å². The fourth-order valence-electron chi connectivity index (χ4n) is 6.22. The van der Waals surface area contributed by atoms with Gasteiger partial charge in [-0.2, -0.15) is 35.1 Å². The highest BCUT2D eigenvalue weighted by atomic mass is 19.3. The van der Waals surface area contributed by atoms with Crippen molar-refractivity contribution in [1.82, 2.24) is 0 Å². The van der Waals surface area contributed by atoms with Gasteiger partial charge in [-0.3, -0.25) is 9.80 Å². The Morgan fingerprint density at radius 2 is 1.05 bits per heavy atom. The first-order valence-electron chi connectivity index (χ1n) is 11.6. The molecule has 0 bridgehead atoms. The molecule has 0 fully saturated rings. The van der Waals surface area contributed by atoms with E-state index in [0.29, 0.717) is 0 Å². The van der Waals surface area contributed by atoms with Crippen LogP contribution in [0.2, 0.25) is 0 Å². The number of benzene rings is 3. The first-order valence-corrected chi connectivity index (χ1v) is 11.6. The van der Waals surface area contributed by atoms with Crippen molar-refractivity contribution in [2.45, 2.75) is 50.1 Å². The maximum absolute atomic E-state index is 15.5. The largest absolute Gasteiger partial charge is 0.397 e. The summed E-state index contributed by atoms with van der Waals surface area (Å²) in [5, 5.41) is 0. The van der Waals surface area contributed by atoms with Gasteiger partial charge in [0.15, 0.2) is 0 Å². The molecule has 0 aliphatic carbocycles. The van der Waals surface area contributed by atoms with Gasteiger partial charge in [0.05, 0.1) is 22.5 Å². The highest BCUT2D eigenvalue weighted by Gasteiger charge is 2.73. The topological polar surface area (TPSA) is 6.48 Å². The second kappa shape index (κ2) is 6.08. The SMILES string of the molecule is CC(C)(C)c1cc2c3c(c1)N1c4c(cccc4C(F)(F)C1(F)F)B3c1cccc3c1N2C(F)(F)C3(F)F. The number of halogens is 8. The number of hydrogen-bond acceptors (Lipinski definition) is 2. The van der Waals surface area contributed by atoms with Crippen LogP contribution in [-0.4, -0.2) is 18.8 Å². The minimum absolute atomic E-state index is 0.0261. The number of hydrogen-bond donors (Lipinski definition) is 0. The standard InChI is InChI=1S/C26H17BF8N2/c1-22(2,3)12-10-17-19-18(11-12)37-21-14(24(30,31)26(37,34)35)7-5-9-16(21)27(19)15-8-4-6-13-20(15)36(17)25(32,33)23(13,28)29/h4-11H,1-3H3. The van der Waals surface area contributed by atoms with Crippen molar-refractivity contribution in [3.8, 4) is 0 Å². The summed E-state index contributed by atoms with van der Waals surface area (Å²) < 4.78 is 123. The Kier molecular flexibility index (Phi) is 3.76. The predicted molar refractivity (Wildman–Crippen MR) is 125 cm³/mol. The van der Waals surface area contributed by atoms with E-state index in [9.17, 15) is 0 Å². The summed E-state index contributed by atoms with van der Waals surface area (Å²) in [6, 6.07) is 0.128. The molecule has 3 aromatic carbocycles. The van der Waals surface area contributed by atoms with Gasteiger partial charge in [0.25, 0.3) is 6.71 Å². The summed E-state index contributed by atoms with van der Waals surface area (Å²) in [7, 11) is 0. The molecule has 2 nitrogen and oxygen atoms in total. The average molecular weight is 520 g/mol. The summed E-state index contributed by atoms with van der Waals surface area (Å²) in [5.74, 6) is -9.15. The monoisotopic (exact) mass is 520 g/mol. The van der Waals surface area contributed by atoms with E-state index in [1.165, 1.54) is 36.4 Å². The number of rotatable bonds is 0. The van der Waals surface area contributed by atoms with Gasteiger partial charge in [-0.25, -0.2) is 0 Å². The third-order valence-electron chi connectivity index (χ3n) is 7.97. The molecule has 0 saturated carbocycles. The summed E-state index contributed by atoms with van der Waals surface area (Å²) in [6.45, 7) is 4.00. The van der Waals surface area contributed by atoms with E-state index >= 15 is 35.1 Å². The van der Waals surface area contributed by atoms with Crippen LogP contribution in [0.4, 0.5) is 57.9 Å². The Morgan fingerprint density at radius 1 is 0.649 bits per heavy atom. The Labute approximate surface area is 206 Å². The normalized spacial score (nSPS) is 22.1. The fraction of sp³-hybridized carbons (Fsp3) is 0.308. The van der Waals surface area contributed by atoms with Crippen molar-refractivity contribution in [2.75, 3.05) is 9.80 Å². The van der Waals surface area contributed by atoms with Crippen LogP contribution >= 0.6 is 0 Å². The molecule has 0 N–H and O–H groups in total. The third kappa shape index (κ3) is 2.27. The van der Waals surface area contributed by atoms with Crippen LogP contribution in [0, 0.1) is 0 Å². The van der Waals surface area contributed by atoms with E-state index in [1.807, 2.05) is 0 Å². The van der Waals surface area contributed by atoms with Crippen molar-refractivity contribution < 1.29 is 35.1 Å². The second-order valence-electron chi connectivity index (χ2n) is 11.0. The van der Waals surface area contributed by atoms with Crippen LogP contribution in [0.5, 0.6) is 0 Å². The molecular weight excluding hydrogens is 503 g/mol. The zero-order valence-electron chi connectivity index (χ0n) is 19.6. The summed E-state index contributed by atoms with van der Waals surface area (Å²) in [6.07, 6.45) is 0. The van der Waals surface area contributed by atoms with Crippen molar-refractivity contribution in [1.29, 1.82) is 0 Å². The first kappa shape index (κ1) is 22.9. The van der Waals surface area contributed by atoms with Crippen molar-refractivity contribution in [3.63, 3.8) is 0 Å². The van der Waals surface area contributed by atoms with Crippen LogP contribution < -0.4 is 26.2 Å². The van der Waals surface area contributed by atoms with E-state index in [2.05, 4.69) is 0 Å². The number of para-hydroxylation sites is 2. The molecule has 11 heteroatoms. The van der Waals surface area contributed by atoms with Crippen LogP contribution in [0.3, 0.4) is 0 Å². The minimum atomic E-state index is -4.72. The highest BCUT2D eigenvalue weighted by molar-refractivity contribution is 7.00. The zero-order chi connectivity index (χ0) is 26.7. The third-order valence-corrected chi connectivity index (χ3v) is 7.97. The van der Waals surface area contributed by atoms with Crippen molar-refractivity contribution in [2.24, 2.45) is 0 Å². The van der Waals surface area contributed by atoms with Gasteiger partial charge in [0.2, 0.25) is 0 Å². The second-order valence-corrected chi connectivity index (χ2v) is 11.0. The first-order chi connectivity index (χ1) is 17.0. The van der Waals surface area contributed by atoms with Crippen LogP contribution in [0.1, 0.15) is 37.5 Å². The Balaban J connectivity index is 1.69. The van der Waals surface area contributed by atoms with E-state index < -0.39 is 69.9 Å². The molecule has 0 atom stereocenters. The minimum Gasteiger partial charge on any atom is -0.277 e. The highest BCUT2D eigenvalue weighted by Crippen LogP contribution is 2.62. The smallest absolute Gasteiger partial charge is 0.277 e. The Morgan fingerprint density at radius 3 is 1.43 bits per heavy atom. The molecule has 4 heterocycles. The van der Waals surface area contributed by atoms with E-state index in [1.54, 1.807) is 20.8 Å². The van der Waals surface area contributed by atoms with Gasteiger partial charge in [-0.15, -0.1) is 0 Å². The molecule has 0 saturated heterocycles. The van der Waals surface area contributed by atoms with Gasteiger partial charge in [0, 0.05) is 11.4 Å². The number of fused-ring (bicyclic) bond motifs is 4. The summed E-state index contributed by atoms with van der Waals surface area (Å²) in [4.78, 5) is 0.423. The van der Waals surface area contributed by atoms with E-state index in [4.69, 9.17) is 0 Å². The molecule has 190 valence electrons. The molecule has 4 aliphatic heterocycles. The van der Waals surface area contributed by atoms with Gasteiger partial charge in [0.1, 0.15) is 0 Å². The Hall–Kier alpha value is -3.24. The Bertz CT molecular complexity index is 1450. The van der Waals surface area contributed by atoms with Crippen LogP contribution in [-0.2, 0) is 17.3 Å². The molecule has 0 amide bonds. The molecule has 0 unspecified atom stereocenters. The molecule has 4 aliphatic rings. The number of alkyl halides is 8. The van der Waals surface area contributed by atoms with Gasteiger partial charge in [-0.05, 0) is 39.5 Å². The van der Waals surface area contributed by atoms with Gasteiger partial charge >= 0.3 is 23.9 Å². The predicted octanol–water partition coefficient (Wildman–Crippen LogP) is 5.80. The molecule has 0 aromatic heterocycles. The van der Waals surface area contributed by atoms with Gasteiger partial charge in [-0.1, -0.05) is 57.2 Å². The molecule has 3 aromatic rings. The van der Waals surface area contributed by atoms with Crippen molar-refractivity contribution >= 4 is 45.9 Å². The molecule has 0 radical (unpaired) electrons. The van der Waals surface area contributed by atoms with Crippen LogP contribution in [0.25, 0.3) is 0 Å². The lowest BCUT2D eigenvalue weighted by Gasteiger charge is -2.44. The lowest BCUT2D eigenvalue weighted by Crippen LogP contribution is -2.64. The summed E-state index contributed by atoms with van der Waals surface area (Å²) >= 11 is 0. The molecule has 37 heavy (non-hydrogen) atoms. The zero-order valence-corrected chi connectivity index (χ0v) is 19.6. The number of anilines is 4. The lowest BCUT2D eigenvalue weighted by atomic mass is 9.33. The molecular formula is C26H17BF8N2. The summed E-state index contributed by atoms with van der Waals surface area (Å²) in [5.41, 5.74) is -4.04. The van der Waals surface area contributed by atoms with E-state index in [-0.39, 0.29) is 31.8 Å². The maximum atomic E-state index is 15.5. The number of nitrogens with zero attached hydrogens (tertiary/aromatic N) is 2. The van der Waals surface area contributed by atoms with Crippen LogP contribution in [0.15, 0.2) is 48.5 Å². The average Bonchev–Trinajstić information content (AvgIpc) is 3.07.